The molecule has 0 amide bonds. The molecule has 1 aromatic carbocycles. The first-order chi connectivity index (χ1) is 11.0. The summed E-state index contributed by atoms with van der Waals surface area (Å²) in [4.78, 5) is 9.84. The summed E-state index contributed by atoms with van der Waals surface area (Å²) in [6.07, 6.45) is 5.98. The molecule has 1 rings (SSSR count). The Balaban J connectivity index is 0.00000529. The molecule has 132 valence electrons. The number of hydrogen-bond donors (Lipinski definition) is 0. The Morgan fingerprint density at radius 1 is 1.04 bits per heavy atom. The van der Waals surface area contributed by atoms with E-state index in [1.165, 1.54) is 12.8 Å². The van der Waals surface area contributed by atoms with Crippen LogP contribution in [0.25, 0.3) is 0 Å². The number of unbranched alkanes of at least 4 members (excludes halogenated alkanes) is 5. The maximum atomic E-state index is 10.9. The second kappa shape index (κ2) is 14.1. The van der Waals surface area contributed by atoms with Crippen LogP contribution >= 0.6 is 0 Å². The van der Waals surface area contributed by atoms with Gasteiger partial charge in [-0.15, -0.1) is 0 Å². The molecule has 0 spiro atoms. The topological polar surface area (TPSA) is 84.9 Å². The average Bonchev–Trinajstić information content (AvgIpc) is 2.50. The summed E-state index contributed by atoms with van der Waals surface area (Å²) in [5, 5.41) is 4.62. The maximum absolute atomic E-state index is 10.9. The van der Waals surface area contributed by atoms with Gasteiger partial charge in [0.1, 0.15) is 6.10 Å². The first kappa shape index (κ1) is 23.9. The molecule has 0 saturated carbocycles. The Morgan fingerprint density at radius 2 is 1.67 bits per heavy atom. The van der Waals surface area contributed by atoms with Crippen molar-refractivity contribution in [2.24, 2.45) is 0 Å². The summed E-state index contributed by atoms with van der Waals surface area (Å²) in [5.74, 6) is -0.198. The van der Waals surface area contributed by atoms with Crippen LogP contribution in [0.2, 0.25) is 0 Å². The summed E-state index contributed by atoms with van der Waals surface area (Å²) >= 11 is 0. The summed E-state index contributed by atoms with van der Waals surface area (Å²) in [6, 6.07) is 8.66. The normalized spacial score (nSPS) is 12.4. The summed E-state index contributed by atoms with van der Waals surface area (Å²) in [6.45, 7) is 2.15. The fourth-order valence-corrected chi connectivity index (χ4v) is 2.81. The third-order valence-electron chi connectivity index (χ3n) is 3.32. The zero-order chi connectivity index (χ0) is 17.0. The Labute approximate surface area is 166 Å². The molecule has 0 aliphatic heterocycles. The van der Waals surface area contributed by atoms with Gasteiger partial charge in [-0.1, -0.05) is 63.6 Å². The van der Waals surface area contributed by atoms with Crippen LogP contribution in [0.15, 0.2) is 30.3 Å². The van der Waals surface area contributed by atoms with E-state index < -0.39 is 22.0 Å². The molecule has 0 saturated heterocycles. The second-order valence-electron chi connectivity index (χ2n) is 5.46. The van der Waals surface area contributed by atoms with E-state index in [4.69, 9.17) is 9.78 Å². The van der Waals surface area contributed by atoms with Crippen LogP contribution in [-0.4, -0.2) is 24.8 Å². The molecule has 1 aromatic rings. The van der Waals surface area contributed by atoms with Crippen LogP contribution < -0.4 is 34.4 Å². The Hall–Kier alpha value is -0.150. The molecule has 0 aromatic heterocycles. The van der Waals surface area contributed by atoms with Gasteiger partial charge in [-0.05, 0) is 23.6 Å². The third kappa shape index (κ3) is 13.2. The first-order valence-electron chi connectivity index (χ1n) is 8.00. The molecule has 0 heterocycles. The van der Waals surface area contributed by atoms with Crippen LogP contribution in [0.4, 0.5) is 0 Å². The van der Waals surface area contributed by atoms with Gasteiger partial charge in [0.2, 0.25) is 0 Å². The van der Waals surface area contributed by atoms with Gasteiger partial charge < -0.3 is 9.44 Å². The standard InChI is InChI=1S/C16H26O6S.Na/c1-2-3-4-5-6-8-13-16(14-23(17,18)19)21-22-20-15-11-9-7-10-12-15;/h7,9-12,16H,2-6,8,13-14H2,1H3,(H,17,18,19);/q;+1/p-1. The van der Waals surface area contributed by atoms with E-state index in [1.54, 1.807) is 24.3 Å². The van der Waals surface area contributed by atoms with E-state index in [1.807, 2.05) is 6.07 Å². The van der Waals surface area contributed by atoms with Gasteiger partial charge in [-0.3, -0.25) is 0 Å². The minimum atomic E-state index is -4.38. The number of hydrogen-bond acceptors (Lipinski definition) is 6. The molecule has 6 nitrogen and oxygen atoms in total. The quantitative estimate of drug-likeness (QED) is 0.167. The molecule has 1 unspecified atom stereocenters. The van der Waals surface area contributed by atoms with Crippen molar-refractivity contribution in [1.82, 2.24) is 0 Å². The minimum absolute atomic E-state index is 0. The van der Waals surface area contributed by atoms with Gasteiger partial charge in [0.25, 0.3) is 0 Å². The van der Waals surface area contributed by atoms with Gasteiger partial charge in [0, 0.05) is 0 Å². The molecule has 0 radical (unpaired) electrons. The fraction of sp³-hybridized carbons (Fsp3) is 0.625. The SMILES string of the molecule is CCCCCCCCC(CS(=O)(=O)[O-])OOOc1ccccc1.[Na+]. The predicted octanol–water partition coefficient (Wildman–Crippen LogP) is 0.597. The molecule has 8 heteroatoms. The Morgan fingerprint density at radius 3 is 2.29 bits per heavy atom. The van der Waals surface area contributed by atoms with Crippen LogP contribution in [0.1, 0.15) is 51.9 Å². The van der Waals surface area contributed by atoms with Crippen LogP contribution in [0.5, 0.6) is 5.75 Å². The van der Waals surface area contributed by atoms with Crippen molar-refractivity contribution in [3.05, 3.63) is 30.3 Å². The van der Waals surface area contributed by atoms with E-state index in [-0.39, 0.29) is 29.6 Å². The third-order valence-corrected chi connectivity index (χ3v) is 4.10. The summed E-state index contributed by atoms with van der Waals surface area (Å²) < 4.78 is 32.8. The summed E-state index contributed by atoms with van der Waals surface area (Å²) in [7, 11) is -4.38. The van der Waals surface area contributed by atoms with Gasteiger partial charge in [0.15, 0.2) is 5.75 Å². The van der Waals surface area contributed by atoms with E-state index in [9.17, 15) is 13.0 Å². The van der Waals surface area contributed by atoms with E-state index in [2.05, 4.69) is 12.0 Å². The van der Waals surface area contributed by atoms with E-state index in [0.717, 1.165) is 25.7 Å². The number of benzene rings is 1. The van der Waals surface area contributed by atoms with Crippen molar-refractivity contribution in [2.45, 2.75) is 58.0 Å². The largest absolute Gasteiger partial charge is 1.00 e. The molecule has 1 atom stereocenters. The summed E-state index contributed by atoms with van der Waals surface area (Å²) in [5.41, 5.74) is 0. The van der Waals surface area contributed by atoms with Gasteiger partial charge >= 0.3 is 29.6 Å². The molecule has 0 aliphatic rings. The zero-order valence-corrected chi connectivity index (χ0v) is 17.3. The first-order valence-corrected chi connectivity index (χ1v) is 9.57. The number of rotatable bonds is 13. The second-order valence-corrected chi connectivity index (χ2v) is 6.91. The number of para-hydroxylation sites is 1. The van der Waals surface area contributed by atoms with Crippen molar-refractivity contribution in [3.63, 3.8) is 0 Å². The van der Waals surface area contributed by atoms with Crippen LogP contribution in [0.3, 0.4) is 0 Å². The van der Waals surface area contributed by atoms with Crippen LogP contribution in [-0.2, 0) is 20.0 Å². The van der Waals surface area contributed by atoms with E-state index >= 15 is 0 Å². The van der Waals surface area contributed by atoms with Crippen molar-refractivity contribution >= 4 is 10.1 Å². The van der Waals surface area contributed by atoms with E-state index in [0.29, 0.717) is 12.2 Å². The zero-order valence-electron chi connectivity index (χ0n) is 14.5. The van der Waals surface area contributed by atoms with Crippen molar-refractivity contribution in [3.8, 4) is 5.75 Å². The maximum Gasteiger partial charge on any atom is 1.00 e. The molecule has 0 bridgehead atoms. The average molecular weight is 368 g/mol. The molecule has 0 fully saturated rings. The molecule has 0 N–H and O–H groups in total. The Bertz CT molecular complexity index is 509. The van der Waals surface area contributed by atoms with Gasteiger partial charge in [-0.25, -0.2) is 8.42 Å². The van der Waals surface area contributed by atoms with Crippen molar-refractivity contribution < 1.29 is 57.3 Å². The molecular weight excluding hydrogens is 343 g/mol. The molecule has 0 aliphatic carbocycles. The smallest absolute Gasteiger partial charge is 0.748 e. The van der Waals surface area contributed by atoms with Gasteiger partial charge in [-0.2, -0.15) is 4.89 Å². The van der Waals surface area contributed by atoms with Crippen molar-refractivity contribution in [1.29, 1.82) is 0 Å². The monoisotopic (exact) mass is 368 g/mol. The minimum Gasteiger partial charge on any atom is -0.748 e. The van der Waals surface area contributed by atoms with Gasteiger partial charge in [0.05, 0.1) is 15.9 Å². The Kier molecular flexibility index (Phi) is 14.0. The molecular formula is C16H25NaO6S. The fourth-order valence-electron chi connectivity index (χ4n) is 2.13. The van der Waals surface area contributed by atoms with Crippen LogP contribution in [0, 0.1) is 0 Å². The molecule has 24 heavy (non-hydrogen) atoms. The predicted molar refractivity (Wildman–Crippen MR) is 85.6 cm³/mol. The van der Waals surface area contributed by atoms with Crippen molar-refractivity contribution in [2.75, 3.05) is 5.75 Å².